The van der Waals surface area contributed by atoms with Crippen LogP contribution in [0.3, 0.4) is 0 Å². The fourth-order valence-corrected chi connectivity index (χ4v) is 2.22. The highest BCUT2D eigenvalue weighted by Crippen LogP contribution is 2.12. The van der Waals surface area contributed by atoms with Gasteiger partial charge in [-0.15, -0.1) is 0 Å². The molecule has 4 nitrogen and oxygen atoms in total. The van der Waals surface area contributed by atoms with Gasteiger partial charge in [-0.25, -0.2) is 0 Å². The fraction of sp³-hybridized carbons (Fsp3) is 0.429. The van der Waals surface area contributed by atoms with E-state index in [2.05, 4.69) is 11.6 Å². The zero-order chi connectivity index (χ0) is 15.1. The molecule has 0 aliphatic rings. The van der Waals surface area contributed by atoms with E-state index in [1.807, 2.05) is 37.1 Å². The van der Waals surface area contributed by atoms with Gasteiger partial charge in [0, 0.05) is 23.5 Å². The highest BCUT2D eigenvalue weighted by Gasteiger charge is 2.17. The number of anilines is 1. The maximum atomic E-state index is 12.2. The van der Waals surface area contributed by atoms with E-state index >= 15 is 0 Å². The molecule has 1 aromatic carbocycles. The molecule has 0 fully saturated rings. The number of nitrogens with two attached hydrogens (primary N) is 1. The minimum Gasteiger partial charge on any atom is -0.389 e. The van der Waals surface area contributed by atoms with Crippen molar-refractivity contribution in [1.82, 2.24) is 4.90 Å². The molecule has 110 valence electrons. The van der Waals surface area contributed by atoms with E-state index < -0.39 is 0 Å². The van der Waals surface area contributed by atoms with Crippen LogP contribution >= 0.6 is 24.0 Å². The molecule has 3 N–H and O–H groups in total. The summed E-state index contributed by atoms with van der Waals surface area (Å²) >= 11 is 6.70. The summed E-state index contributed by atoms with van der Waals surface area (Å²) in [5.41, 5.74) is 7.05. The Morgan fingerprint density at radius 3 is 2.85 bits per heavy atom. The smallest absolute Gasteiger partial charge is 0.241 e. The van der Waals surface area contributed by atoms with E-state index in [1.54, 1.807) is 17.8 Å². The number of carbonyl (C=O) groups is 1. The summed E-state index contributed by atoms with van der Waals surface area (Å²) in [7, 11) is 1.95. The molecule has 0 aliphatic carbocycles. The number of thioether (sulfide) groups is 1. The van der Waals surface area contributed by atoms with Crippen molar-refractivity contribution in [2.75, 3.05) is 30.9 Å². The highest BCUT2D eigenvalue weighted by molar-refractivity contribution is 7.98. The summed E-state index contributed by atoms with van der Waals surface area (Å²) in [5.74, 6) is 0.971. The lowest BCUT2D eigenvalue weighted by Crippen LogP contribution is -2.40. The van der Waals surface area contributed by atoms with Crippen molar-refractivity contribution in [3.8, 4) is 0 Å². The maximum Gasteiger partial charge on any atom is 0.241 e. The Morgan fingerprint density at radius 1 is 1.55 bits per heavy atom. The standard InChI is InChI=1S/C14H21N3OS2/c1-10(17(2)7-8-20-3)14(18)16-12-6-4-5-11(9-12)13(15)19/h4-6,9-10H,7-8H2,1-3H3,(H2,15,19)(H,16,18). The van der Waals surface area contributed by atoms with Crippen LogP contribution in [0.1, 0.15) is 12.5 Å². The van der Waals surface area contributed by atoms with Crippen molar-refractivity contribution in [1.29, 1.82) is 0 Å². The Kier molecular flexibility index (Phi) is 6.98. The lowest BCUT2D eigenvalue weighted by atomic mass is 10.2. The van der Waals surface area contributed by atoms with Crippen molar-refractivity contribution in [2.45, 2.75) is 13.0 Å². The summed E-state index contributed by atoms with van der Waals surface area (Å²) < 4.78 is 0. The molecule has 0 saturated heterocycles. The Morgan fingerprint density at radius 2 is 2.25 bits per heavy atom. The molecule has 20 heavy (non-hydrogen) atoms. The van der Waals surface area contributed by atoms with E-state index in [-0.39, 0.29) is 11.9 Å². The van der Waals surface area contributed by atoms with E-state index in [4.69, 9.17) is 18.0 Å². The lowest BCUT2D eigenvalue weighted by molar-refractivity contribution is -0.120. The van der Waals surface area contributed by atoms with Gasteiger partial charge >= 0.3 is 0 Å². The normalized spacial score (nSPS) is 12.2. The molecule has 1 rings (SSSR count). The average Bonchev–Trinajstić information content (AvgIpc) is 2.44. The Labute approximate surface area is 130 Å². The molecule has 0 radical (unpaired) electrons. The topological polar surface area (TPSA) is 58.4 Å². The number of nitrogens with one attached hydrogen (secondary N) is 1. The molecule has 0 saturated carbocycles. The minimum absolute atomic E-state index is 0.0336. The number of benzene rings is 1. The van der Waals surface area contributed by atoms with Gasteiger partial charge in [0.15, 0.2) is 0 Å². The number of thiocarbonyl (C=S) groups is 1. The van der Waals surface area contributed by atoms with Gasteiger partial charge in [0.2, 0.25) is 5.91 Å². The number of nitrogens with zero attached hydrogens (tertiary/aromatic N) is 1. The van der Waals surface area contributed by atoms with E-state index in [0.29, 0.717) is 10.7 Å². The minimum atomic E-state index is -0.185. The number of likely N-dealkylation sites (N-methyl/N-ethyl adjacent to an activating group) is 1. The number of rotatable bonds is 7. The van der Waals surface area contributed by atoms with Gasteiger partial charge in [0.25, 0.3) is 0 Å². The van der Waals surface area contributed by atoms with Crippen LogP contribution in [0.25, 0.3) is 0 Å². The van der Waals surface area contributed by atoms with Gasteiger partial charge in [0.05, 0.1) is 6.04 Å². The average molecular weight is 311 g/mol. The maximum absolute atomic E-state index is 12.2. The molecule has 0 heterocycles. The van der Waals surface area contributed by atoms with Crippen molar-refractivity contribution < 1.29 is 4.79 Å². The number of carbonyl (C=O) groups excluding carboxylic acids is 1. The van der Waals surface area contributed by atoms with Crippen molar-refractivity contribution in [3.05, 3.63) is 29.8 Å². The second-order valence-corrected chi connectivity index (χ2v) is 6.01. The summed E-state index contributed by atoms with van der Waals surface area (Å²) in [5, 5.41) is 2.89. The second kappa shape index (κ2) is 8.24. The molecule has 1 amide bonds. The van der Waals surface area contributed by atoms with Crippen molar-refractivity contribution in [2.24, 2.45) is 5.73 Å². The third-order valence-corrected chi connectivity index (χ3v) is 3.93. The summed E-state index contributed by atoms with van der Waals surface area (Å²) in [6, 6.07) is 7.08. The third-order valence-electron chi connectivity index (χ3n) is 3.10. The third kappa shape index (κ3) is 5.11. The van der Waals surface area contributed by atoms with Gasteiger partial charge in [-0.2, -0.15) is 11.8 Å². The molecule has 0 aliphatic heterocycles. The Bertz CT molecular complexity index is 479. The molecule has 0 bridgehead atoms. The zero-order valence-electron chi connectivity index (χ0n) is 12.1. The predicted molar refractivity (Wildman–Crippen MR) is 91.4 cm³/mol. The molecule has 0 spiro atoms. The van der Waals surface area contributed by atoms with Crippen LogP contribution in [-0.4, -0.2) is 47.4 Å². The van der Waals surface area contributed by atoms with E-state index in [9.17, 15) is 4.79 Å². The van der Waals surface area contributed by atoms with Gasteiger partial charge in [-0.05, 0) is 32.4 Å². The first-order valence-electron chi connectivity index (χ1n) is 6.35. The molecule has 1 atom stereocenters. The van der Waals surface area contributed by atoms with Crippen molar-refractivity contribution in [3.63, 3.8) is 0 Å². The summed E-state index contributed by atoms with van der Waals surface area (Å²) in [6.07, 6.45) is 2.06. The summed E-state index contributed by atoms with van der Waals surface area (Å²) in [4.78, 5) is 14.5. The van der Waals surface area contributed by atoms with Crippen LogP contribution < -0.4 is 11.1 Å². The van der Waals surface area contributed by atoms with Crippen LogP contribution in [0, 0.1) is 0 Å². The van der Waals surface area contributed by atoms with Crippen LogP contribution in [0.15, 0.2) is 24.3 Å². The fourth-order valence-electron chi connectivity index (χ4n) is 1.63. The van der Waals surface area contributed by atoms with Gasteiger partial charge in [-0.3, -0.25) is 9.69 Å². The predicted octanol–water partition coefficient (Wildman–Crippen LogP) is 1.94. The van der Waals surface area contributed by atoms with E-state index in [1.165, 1.54) is 0 Å². The first kappa shape index (κ1) is 16.9. The lowest BCUT2D eigenvalue weighted by Gasteiger charge is -2.23. The molecule has 6 heteroatoms. The highest BCUT2D eigenvalue weighted by atomic mass is 32.2. The first-order valence-corrected chi connectivity index (χ1v) is 8.15. The van der Waals surface area contributed by atoms with Crippen LogP contribution in [0.2, 0.25) is 0 Å². The summed E-state index contributed by atoms with van der Waals surface area (Å²) in [6.45, 7) is 2.77. The monoisotopic (exact) mass is 311 g/mol. The molecule has 1 unspecified atom stereocenters. The van der Waals surface area contributed by atoms with Crippen molar-refractivity contribution >= 4 is 40.6 Å². The number of hydrogen-bond acceptors (Lipinski definition) is 4. The molecular weight excluding hydrogens is 290 g/mol. The molecular formula is C14H21N3OS2. The van der Waals surface area contributed by atoms with E-state index in [0.717, 1.165) is 17.9 Å². The van der Waals surface area contributed by atoms with Crippen LogP contribution in [0.5, 0.6) is 0 Å². The van der Waals surface area contributed by atoms with Crippen LogP contribution in [0.4, 0.5) is 5.69 Å². The molecule has 0 aromatic heterocycles. The SMILES string of the molecule is CSCCN(C)C(C)C(=O)Nc1cccc(C(N)=S)c1. The largest absolute Gasteiger partial charge is 0.389 e. The van der Waals surface area contributed by atoms with Gasteiger partial charge < -0.3 is 11.1 Å². The second-order valence-electron chi connectivity index (χ2n) is 4.58. The Balaban J connectivity index is 2.65. The number of hydrogen-bond donors (Lipinski definition) is 2. The first-order chi connectivity index (χ1) is 9.45. The Hall–Kier alpha value is -1.11. The number of amides is 1. The quantitative estimate of drug-likeness (QED) is 0.754. The van der Waals surface area contributed by atoms with Gasteiger partial charge in [0.1, 0.15) is 4.99 Å². The zero-order valence-corrected chi connectivity index (χ0v) is 13.7. The molecule has 1 aromatic rings. The van der Waals surface area contributed by atoms with Crippen LogP contribution in [-0.2, 0) is 4.79 Å². The van der Waals surface area contributed by atoms with Gasteiger partial charge in [-0.1, -0.05) is 24.4 Å².